The van der Waals surface area contributed by atoms with Crippen LogP contribution < -0.4 is 4.74 Å². The van der Waals surface area contributed by atoms with Crippen LogP contribution in [0.15, 0.2) is 42.0 Å². The Hall–Kier alpha value is -2.75. The molecule has 0 N–H and O–H groups in total. The van der Waals surface area contributed by atoms with E-state index in [-0.39, 0.29) is 29.8 Å². The first kappa shape index (κ1) is 28.3. The fraction of sp³-hybridized carbons (Fsp3) is 0.559. The summed E-state index contributed by atoms with van der Waals surface area (Å²) in [7, 11) is 1.60. The van der Waals surface area contributed by atoms with Gasteiger partial charge in [0.1, 0.15) is 5.75 Å². The molecule has 1 aromatic carbocycles. The molecule has 0 aliphatic heterocycles. The van der Waals surface area contributed by atoms with Gasteiger partial charge in [-0.15, -0.1) is 0 Å². The maximum absolute atomic E-state index is 13.7. The number of rotatable bonds is 11. The molecule has 0 spiro atoms. The van der Waals surface area contributed by atoms with Crippen LogP contribution in [0.3, 0.4) is 0 Å². The molecule has 2 atom stereocenters. The van der Waals surface area contributed by atoms with Gasteiger partial charge in [-0.2, -0.15) is 0 Å². The SMILES string of the molecule is COc1cc2c(cc1C(=O)C1CCC(CC3=CCC(C)C=C3)CC1)C(C(=O)C(=O)CCCC(C)C)=CC2C. The third kappa shape index (κ3) is 6.45. The van der Waals surface area contributed by atoms with Gasteiger partial charge < -0.3 is 4.74 Å². The van der Waals surface area contributed by atoms with Crippen LogP contribution in [0.25, 0.3) is 5.57 Å². The average molecular weight is 517 g/mol. The highest BCUT2D eigenvalue weighted by Crippen LogP contribution is 2.42. The lowest BCUT2D eigenvalue weighted by molar-refractivity contribution is -0.133. The van der Waals surface area contributed by atoms with Gasteiger partial charge in [-0.3, -0.25) is 14.4 Å². The fourth-order valence-electron chi connectivity index (χ4n) is 6.23. The number of ketones is 3. The second-order valence-electron chi connectivity index (χ2n) is 12.2. The van der Waals surface area contributed by atoms with Crippen molar-refractivity contribution in [2.24, 2.45) is 23.7 Å². The zero-order chi connectivity index (χ0) is 27.4. The first-order chi connectivity index (χ1) is 18.2. The second kappa shape index (κ2) is 12.4. The van der Waals surface area contributed by atoms with E-state index in [4.69, 9.17) is 4.74 Å². The van der Waals surface area contributed by atoms with Crippen molar-refractivity contribution < 1.29 is 19.1 Å². The van der Waals surface area contributed by atoms with Crippen molar-refractivity contribution in [2.45, 2.75) is 91.4 Å². The summed E-state index contributed by atoms with van der Waals surface area (Å²) in [5, 5.41) is 0. The van der Waals surface area contributed by atoms with Crippen molar-refractivity contribution in [2.75, 3.05) is 7.11 Å². The van der Waals surface area contributed by atoms with Gasteiger partial charge >= 0.3 is 0 Å². The summed E-state index contributed by atoms with van der Waals surface area (Å²) in [5.41, 5.74) is 4.11. The molecule has 1 fully saturated rings. The van der Waals surface area contributed by atoms with E-state index in [1.165, 1.54) is 5.57 Å². The number of allylic oxidation sites excluding steroid dienone is 6. The topological polar surface area (TPSA) is 60.4 Å². The number of hydrogen-bond acceptors (Lipinski definition) is 4. The van der Waals surface area contributed by atoms with Gasteiger partial charge in [0.15, 0.2) is 5.78 Å². The summed E-state index contributed by atoms with van der Waals surface area (Å²) in [5.74, 6) is 1.63. The van der Waals surface area contributed by atoms with Crippen LogP contribution in [-0.2, 0) is 9.59 Å². The lowest BCUT2D eigenvalue weighted by Crippen LogP contribution is -2.23. The zero-order valence-electron chi connectivity index (χ0n) is 23.8. The monoisotopic (exact) mass is 516 g/mol. The van der Waals surface area contributed by atoms with Gasteiger partial charge in [-0.05, 0) is 86.0 Å². The molecule has 204 valence electrons. The largest absolute Gasteiger partial charge is 0.496 e. The van der Waals surface area contributed by atoms with Crippen LogP contribution in [-0.4, -0.2) is 24.5 Å². The van der Waals surface area contributed by atoms with Crippen molar-refractivity contribution in [3.05, 3.63) is 58.7 Å². The molecule has 4 heteroatoms. The lowest BCUT2D eigenvalue weighted by Gasteiger charge is -2.29. The van der Waals surface area contributed by atoms with Crippen LogP contribution in [0, 0.1) is 23.7 Å². The van der Waals surface area contributed by atoms with Crippen molar-refractivity contribution in [3.63, 3.8) is 0 Å². The Morgan fingerprint density at radius 2 is 1.79 bits per heavy atom. The van der Waals surface area contributed by atoms with Crippen molar-refractivity contribution in [3.8, 4) is 5.75 Å². The summed E-state index contributed by atoms with van der Waals surface area (Å²) < 4.78 is 5.67. The van der Waals surface area contributed by atoms with Crippen molar-refractivity contribution >= 4 is 22.9 Å². The van der Waals surface area contributed by atoms with Crippen LogP contribution >= 0.6 is 0 Å². The van der Waals surface area contributed by atoms with Crippen LogP contribution in [0.1, 0.15) is 113 Å². The Labute approximate surface area is 228 Å². The van der Waals surface area contributed by atoms with Gasteiger partial charge in [-0.25, -0.2) is 0 Å². The minimum Gasteiger partial charge on any atom is -0.496 e. The Bertz CT molecular complexity index is 1160. The quantitative estimate of drug-likeness (QED) is 0.220. The first-order valence-corrected chi connectivity index (χ1v) is 14.6. The molecule has 1 saturated carbocycles. The van der Waals surface area contributed by atoms with Gasteiger partial charge in [0, 0.05) is 23.8 Å². The average Bonchev–Trinajstić information content (AvgIpc) is 3.23. The van der Waals surface area contributed by atoms with Gasteiger partial charge in [-0.1, -0.05) is 64.0 Å². The zero-order valence-corrected chi connectivity index (χ0v) is 23.8. The van der Waals surface area contributed by atoms with E-state index in [0.29, 0.717) is 34.6 Å². The molecule has 4 rings (SSSR count). The highest BCUT2D eigenvalue weighted by atomic mass is 16.5. The highest BCUT2D eigenvalue weighted by Gasteiger charge is 2.33. The lowest BCUT2D eigenvalue weighted by atomic mass is 9.75. The minimum atomic E-state index is -0.427. The molecule has 38 heavy (non-hydrogen) atoms. The molecule has 3 aliphatic carbocycles. The van der Waals surface area contributed by atoms with E-state index in [0.717, 1.165) is 62.5 Å². The summed E-state index contributed by atoms with van der Waals surface area (Å²) in [6.07, 6.45) is 16.8. The number of carbonyl (C=O) groups is 3. The number of fused-ring (bicyclic) bond motifs is 1. The Balaban J connectivity index is 1.46. The summed E-state index contributed by atoms with van der Waals surface area (Å²) in [4.78, 5) is 39.6. The normalized spacial score (nSPS) is 24.6. The molecule has 0 amide bonds. The van der Waals surface area contributed by atoms with Crippen LogP contribution in [0.5, 0.6) is 5.75 Å². The Morgan fingerprint density at radius 1 is 1.05 bits per heavy atom. The van der Waals surface area contributed by atoms with Crippen molar-refractivity contribution in [1.29, 1.82) is 0 Å². The van der Waals surface area contributed by atoms with E-state index in [1.807, 2.05) is 25.1 Å². The number of Topliss-reactive ketones (excluding diaryl/α,β-unsaturated/α-hetero) is 3. The van der Waals surface area contributed by atoms with Crippen LogP contribution in [0.2, 0.25) is 0 Å². The van der Waals surface area contributed by atoms with E-state index >= 15 is 0 Å². The maximum atomic E-state index is 13.7. The molecule has 0 aromatic heterocycles. The smallest absolute Gasteiger partial charge is 0.228 e. The van der Waals surface area contributed by atoms with E-state index in [2.05, 4.69) is 39.0 Å². The number of methoxy groups -OCH3 is 1. The minimum absolute atomic E-state index is 0.00738. The van der Waals surface area contributed by atoms with Gasteiger partial charge in [0.25, 0.3) is 0 Å². The standard InChI is InChI=1S/C34H44O4/c1-21(2)7-6-8-31(35)34(37)29-17-23(4)27-20-32(38-5)30(19-28(27)29)33(36)26-15-13-25(14-16-26)18-24-11-9-22(3)10-12-24/h9,11-12,17,19-23,25-26H,6-8,10,13-16,18H2,1-5H3. The summed E-state index contributed by atoms with van der Waals surface area (Å²) >= 11 is 0. The fourth-order valence-corrected chi connectivity index (χ4v) is 6.23. The molecule has 0 radical (unpaired) electrons. The van der Waals surface area contributed by atoms with E-state index in [1.54, 1.807) is 7.11 Å². The maximum Gasteiger partial charge on any atom is 0.228 e. The third-order valence-electron chi connectivity index (χ3n) is 8.65. The molecule has 4 nitrogen and oxygen atoms in total. The molecule has 0 saturated heterocycles. The Morgan fingerprint density at radius 3 is 2.42 bits per heavy atom. The first-order valence-electron chi connectivity index (χ1n) is 14.6. The van der Waals surface area contributed by atoms with E-state index in [9.17, 15) is 14.4 Å². The third-order valence-corrected chi connectivity index (χ3v) is 8.65. The molecule has 0 bridgehead atoms. The summed E-state index contributed by atoms with van der Waals surface area (Å²) in [6.45, 7) is 8.50. The van der Waals surface area contributed by atoms with Crippen molar-refractivity contribution in [1.82, 2.24) is 0 Å². The summed E-state index contributed by atoms with van der Waals surface area (Å²) in [6, 6.07) is 3.73. The van der Waals surface area contributed by atoms with Gasteiger partial charge in [0.2, 0.25) is 11.6 Å². The molecular weight excluding hydrogens is 472 g/mol. The number of hydrogen-bond donors (Lipinski definition) is 0. The predicted octanol–water partition coefficient (Wildman–Crippen LogP) is 8.06. The highest BCUT2D eigenvalue weighted by molar-refractivity contribution is 6.54. The Kier molecular flexibility index (Phi) is 9.23. The second-order valence-corrected chi connectivity index (χ2v) is 12.2. The van der Waals surface area contributed by atoms with E-state index < -0.39 is 5.78 Å². The van der Waals surface area contributed by atoms with Gasteiger partial charge in [0.05, 0.1) is 12.7 Å². The molecular formula is C34H44O4. The molecule has 1 aromatic rings. The number of carbonyl (C=O) groups excluding carboxylic acids is 3. The number of benzene rings is 1. The molecule has 3 aliphatic rings. The molecule has 2 unspecified atom stereocenters. The molecule has 0 heterocycles. The van der Waals surface area contributed by atoms with Crippen LogP contribution in [0.4, 0.5) is 0 Å². The number of ether oxygens (including phenoxy) is 1. The predicted molar refractivity (Wildman–Crippen MR) is 153 cm³/mol.